The smallest absolute Gasteiger partial charge is 0.144 e. The Morgan fingerprint density at radius 3 is 3.00 bits per heavy atom. The molecule has 0 unspecified atom stereocenters. The van der Waals surface area contributed by atoms with Crippen molar-refractivity contribution >= 4 is 17.2 Å². The number of likely N-dealkylation sites (N-methyl/N-ethyl adjacent to an activating group) is 1. The Kier molecular flexibility index (Phi) is 5.37. The van der Waals surface area contributed by atoms with E-state index >= 15 is 0 Å². The summed E-state index contributed by atoms with van der Waals surface area (Å²) in [6, 6.07) is 1.85. The second kappa shape index (κ2) is 7.50. The van der Waals surface area contributed by atoms with Crippen LogP contribution in [0.1, 0.15) is 22.9 Å². The predicted molar refractivity (Wildman–Crippen MR) is 93.3 cm³/mol. The van der Waals surface area contributed by atoms with Crippen molar-refractivity contribution in [2.24, 2.45) is 0 Å². The van der Waals surface area contributed by atoms with Crippen LogP contribution in [0.25, 0.3) is 0 Å². The van der Waals surface area contributed by atoms with Crippen LogP contribution in [0.2, 0.25) is 0 Å². The number of nitrogens with two attached hydrogens (primary N) is 1. The van der Waals surface area contributed by atoms with Crippen molar-refractivity contribution in [1.82, 2.24) is 24.8 Å². The van der Waals surface area contributed by atoms with Crippen molar-refractivity contribution in [3.63, 3.8) is 0 Å². The van der Waals surface area contributed by atoms with Crippen LogP contribution in [0.3, 0.4) is 0 Å². The third-order valence-electron chi connectivity index (χ3n) is 4.17. The molecule has 8 heteroatoms. The zero-order valence-corrected chi connectivity index (χ0v) is 14.8. The summed E-state index contributed by atoms with van der Waals surface area (Å²) in [6.45, 7) is 4.54. The Balaban J connectivity index is 1.59. The third kappa shape index (κ3) is 4.46. The molecule has 24 heavy (non-hydrogen) atoms. The molecule has 0 aliphatic carbocycles. The number of hydrogen-bond donors (Lipinski definition) is 1. The van der Waals surface area contributed by atoms with Crippen LogP contribution in [-0.4, -0.2) is 57.1 Å². The molecule has 1 saturated heterocycles. The molecule has 2 atom stereocenters. The molecule has 0 spiro atoms. The van der Waals surface area contributed by atoms with Gasteiger partial charge in [-0.15, -0.1) is 11.3 Å². The Morgan fingerprint density at radius 2 is 2.29 bits per heavy atom. The van der Waals surface area contributed by atoms with Gasteiger partial charge in [0, 0.05) is 37.3 Å². The van der Waals surface area contributed by atoms with Gasteiger partial charge in [-0.1, -0.05) is 0 Å². The first-order chi connectivity index (χ1) is 11.5. The molecule has 0 aromatic carbocycles. The first-order valence-corrected chi connectivity index (χ1v) is 8.92. The van der Waals surface area contributed by atoms with Gasteiger partial charge in [0.2, 0.25) is 0 Å². The van der Waals surface area contributed by atoms with E-state index in [1.807, 2.05) is 14.0 Å². The Bertz CT molecular complexity index is 678. The summed E-state index contributed by atoms with van der Waals surface area (Å²) in [5.74, 6) is 1.16. The van der Waals surface area contributed by atoms with Gasteiger partial charge in [0.25, 0.3) is 0 Å². The van der Waals surface area contributed by atoms with E-state index in [1.54, 1.807) is 23.6 Å². The number of likely N-dealkylation sites (tertiary alicyclic amines) is 1. The largest absolute Gasteiger partial charge is 0.384 e. The fourth-order valence-corrected chi connectivity index (χ4v) is 3.76. The van der Waals surface area contributed by atoms with E-state index in [9.17, 15) is 4.39 Å². The molecule has 3 rings (SSSR count). The lowest BCUT2D eigenvalue weighted by atomic mass is 10.2. The summed E-state index contributed by atoms with van der Waals surface area (Å²) in [5.41, 5.74) is 6.72. The molecule has 3 heterocycles. The van der Waals surface area contributed by atoms with Crippen LogP contribution in [0.4, 0.5) is 10.2 Å². The van der Waals surface area contributed by atoms with Gasteiger partial charge in [-0.25, -0.2) is 19.3 Å². The lowest BCUT2D eigenvalue weighted by Gasteiger charge is -2.27. The fourth-order valence-electron chi connectivity index (χ4n) is 3.15. The molecule has 2 aromatic rings. The maximum Gasteiger partial charge on any atom is 0.144 e. The highest BCUT2D eigenvalue weighted by Gasteiger charge is 2.33. The molecule has 130 valence electrons. The van der Waals surface area contributed by atoms with Gasteiger partial charge in [-0.2, -0.15) is 0 Å². The van der Waals surface area contributed by atoms with Crippen molar-refractivity contribution in [2.75, 3.05) is 25.9 Å². The number of nitrogens with zero attached hydrogens (tertiary/aromatic N) is 5. The molecule has 6 nitrogen and oxygen atoms in total. The van der Waals surface area contributed by atoms with Gasteiger partial charge in [-0.3, -0.25) is 9.80 Å². The van der Waals surface area contributed by atoms with E-state index in [1.165, 1.54) is 0 Å². The highest BCUT2D eigenvalue weighted by molar-refractivity contribution is 7.09. The SMILES string of the molecule is Cc1nc(CN2C[C@@H](F)C[C@H]2CN(C)Cc2nccc(N)n2)cs1. The first-order valence-electron chi connectivity index (χ1n) is 8.04. The van der Waals surface area contributed by atoms with Crippen LogP contribution in [-0.2, 0) is 13.1 Å². The lowest BCUT2D eigenvalue weighted by Crippen LogP contribution is -2.38. The summed E-state index contributed by atoms with van der Waals surface area (Å²) in [5, 5.41) is 3.11. The Morgan fingerprint density at radius 1 is 1.46 bits per heavy atom. The van der Waals surface area contributed by atoms with Crippen LogP contribution >= 0.6 is 11.3 Å². The van der Waals surface area contributed by atoms with Gasteiger partial charge in [0.15, 0.2) is 0 Å². The average molecular weight is 350 g/mol. The normalized spacial score (nSPS) is 21.7. The summed E-state index contributed by atoms with van der Waals surface area (Å²) in [4.78, 5) is 17.3. The summed E-state index contributed by atoms with van der Waals surface area (Å²) in [7, 11) is 2.00. The molecule has 1 aliphatic rings. The van der Waals surface area contributed by atoms with Crippen molar-refractivity contribution in [3.8, 4) is 0 Å². The average Bonchev–Trinajstić information content (AvgIpc) is 3.05. The molecule has 2 aromatic heterocycles. The number of halogens is 1. The molecule has 0 saturated carbocycles. The van der Waals surface area contributed by atoms with E-state index < -0.39 is 6.17 Å². The number of hydrogen-bond acceptors (Lipinski definition) is 7. The second-order valence-corrected chi connectivity index (χ2v) is 7.43. The third-order valence-corrected chi connectivity index (χ3v) is 4.99. The Labute approximate surface area is 145 Å². The molecule has 1 aliphatic heterocycles. The minimum absolute atomic E-state index is 0.174. The minimum Gasteiger partial charge on any atom is -0.384 e. The molecule has 0 amide bonds. The lowest BCUT2D eigenvalue weighted by molar-refractivity contribution is 0.177. The summed E-state index contributed by atoms with van der Waals surface area (Å²) >= 11 is 1.64. The van der Waals surface area contributed by atoms with Crippen molar-refractivity contribution in [2.45, 2.75) is 38.6 Å². The topological polar surface area (TPSA) is 71.2 Å². The zero-order valence-electron chi connectivity index (χ0n) is 14.0. The molecule has 2 N–H and O–H groups in total. The van der Waals surface area contributed by atoms with Gasteiger partial charge in [-0.05, 0) is 26.5 Å². The van der Waals surface area contributed by atoms with E-state index in [0.717, 1.165) is 17.2 Å². The summed E-state index contributed by atoms with van der Waals surface area (Å²) < 4.78 is 13.9. The van der Waals surface area contributed by atoms with Gasteiger partial charge in [0.1, 0.15) is 17.8 Å². The van der Waals surface area contributed by atoms with Crippen LogP contribution in [0.5, 0.6) is 0 Å². The zero-order chi connectivity index (χ0) is 17.1. The summed E-state index contributed by atoms with van der Waals surface area (Å²) in [6.07, 6.45) is 1.45. The standard InChI is InChI=1S/C16H23FN6S/c1-11-20-13(10-24-11)7-23-6-12(17)5-14(23)8-22(2)9-16-19-4-3-15(18)21-16/h3-4,10,12,14H,5-9H2,1-2H3,(H2,18,19,21)/t12-,14-/m0/s1. The van der Waals surface area contributed by atoms with E-state index in [4.69, 9.17) is 5.73 Å². The number of rotatable bonds is 6. The number of aromatic nitrogens is 3. The van der Waals surface area contributed by atoms with Crippen molar-refractivity contribution in [3.05, 3.63) is 34.2 Å². The quantitative estimate of drug-likeness (QED) is 0.858. The van der Waals surface area contributed by atoms with Crippen LogP contribution < -0.4 is 5.73 Å². The highest BCUT2D eigenvalue weighted by atomic mass is 32.1. The molecular weight excluding hydrogens is 327 g/mol. The number of aryl methyl sites for hydroxylation is 1. The van der Waals surface area contributed by atoms with Gasteiger partial charge in [0.05, 0.1) is 17.2 Å². The van der Waals surface area contributed by atoms with Crippen LogP contribution in [0, 0.1) is 6.92 Å². The van der Waals surface area contributed by atoms with E-state index in [0.29, 0.717) is 37.7 Å². The maximum absolute atomic E-state index is 13.9. The maximum atomic E-state index is 13.9. The number of thiazole rings is 1. The number of nitrogen functional groups attached to an aromatic ring is 1. The number of anilines is 1. The fraction of sp³-hybridized carbons (Fsp3) is 0.562. The molecule has 0 radical (unpaired) electrons. The molecular formula is C16H23FN6S. The highest BCUT2D eigenvalue weighted by Crippen LogP contribution is 2.24. The van der Waals surface area contributed by atoms with Crippen LogP contribution in [0.15, 0.2) is 17.6 Å². The van der Waals surface area contributed by atoms with E-state index in [2.05, 4.69) is 30.1 Å². The predicted octanol–water partition coefficient (Wildman–Crippen LogP) is 1.87. The van der Waals surface area contributed by atoms with Crippen molar-refractivity contribution in [1.29, 1.82) is 0 Å². The Hall–Kier alpha value is -1.64. The molecule has 0 bridgehead atoms. The monoisotopic (exact) mass is 350 g/mol. The van der Waals surface area contributed by atoms with Crippen molar-refractivity contribution < 1.29 is 4.39 Å². The number of alkyl halides is 1. The van der Waals surface area contributed by atoms with Gasteiger partial charge < -0.3 is 5.73 Å². The van der Waals surface area contributed by atoms with E-state index in [-0.39, 0.29) is 6.04 Å². The first kappa shape index (κ1) is 17.2. The van der Waals surface area contributed by atoms with Gasteiger partial charge >= 0.3 is 0 Å². The minimum atomic E-state index is -0.772. The molecule has 1 fully saturated rings. The second-order valence-electron chi connectivity index (χ2n) is 6.37.